The second kappa shape index (κ2) is 6.63. The predicted octanol–water partition coefficient (Wildman–Crippen LogP) is 0.870. The highest BCUT2D eigenvalue weighted by Gasteiger charge is 2.11. The first kappa shape index (κ1) is 14.2. The summed E-state index contributed by atoms with van der Waals surface area (Å²) >= 11 is 0. The van der Waals surface area contributed by atoms with Crippen LogP contribution in [0, 0.1) is 0 Å². The molecule has 0 aliphatic carbocycles. The van der Waals surface area contributed by atoms with Crippen molar-refractivity contribution < 1.29 is 9.94 Å². The van der Waals surface area contributed by atoms with Gasteiger partial charge in [-0.05, 0) is 27.3 Å². The highest BCUT2D eigenvalue weighted by Crippen LogP contribution is 2.06. The fourth-order valence-electron chi connectivity index (χ4n) is 1.09. The van der Waals surface area contributed by atoms with Crippen LogP contribution in [0.2, 0.25) is 0 Å². The number of oxime groups is 1. The number of amidine groups is 1. The van der Waals surface area contributed by atoms with E-state index < -0.39 is 0 Å². The zero-order valence-corrected chi connectivity index (χ0v) is 10.2. The Labute approximate surface area is 91.9 Å². The quantitative estimate of drug-likeness (QED) is 0.300. The van der Waals surface area contributed by atoms with Gasteiger partial charge in [0.15, 0.2) is 5.84 Å². The van der Waals surface area contributed by atoms with Crippen molar-refractivity contribution >= 4 is 5.84 Å². The fraction of sp³-hybridized carbons (Fsp3) is 0.900. The molecule has 0 aromatic rings. The van der Waals surface area contributed by atoms with E-state index in [0.717, 1.165) is 13.1 Å². The number of likely N-dealkylation sites (N-methyl/N-ethyl adjacent to an activating group) is 1. The molecule has 0 atom stereocenters. The Morgan fingerprint density at radius 3 is 2.47 bits per heavy atom. The summed E-state index contributed by atoms with van der Waals surface area (Å²) in [5.41, 5.74) is 5.31. The van der Waals surface area contributed by atoms with Crippen LogP contribution in [-0.2, 0) is 4.74 Å². The third kappa shape index (κ3) is 8.20. The van der Waals surface area contributed by atoms with E-state index >= 15 is 0 Å². The average Bonchev–Trinajstić information content (AvgIpc) is 2.14. The van der Waals surface area contributed by atoms with Crippen molar-refractivity contribution in [2.45, 2.75) is 33.3 Å². The third-order valence-corrected chi connectivity index (χ3v) is 1.90. The molecule has 0 aromatic carbocycles. The molecule has 15 heavy (non-hydrogen) atoms. The lowest BCUT2D eigenvalue weighted by Crippen LogP contribution is -2.37. The third-order valence-electron chi connectivity index (χ3n) is 1.90. The molecule has 5 heteroatoms. The van der Waals surface area contributed by atoms with Gasteiger partial charge in [-0.2, -0.15) is 0 Å². The van der Waals surface area contributed by atoms with E-state index in [2.05, 4.69) is 10.1 Å². The molecular formula is C10H23N3O2. The fourth-order valence-corrected chi connectivity index (χ4v) is 1.09. The molecule has 0 rings (SSSR count). The highest BCUT2D eigenvalue weighted by atomic mass is 16.5. The molecule has 0 saturated heterocycles. The summed E-state index contributed by atoms with van der Waals surface area (Å²) in [6, 6.07) is 0. The van der Waals surface area contributed by atoms with E-state index in [9.17, 15) is 0 Å². The molecule has 0 spiro atoms. The number of nitrogens with zero attached hydrogens (tertiary/aromatic N) is 2. The lowest BCUT2D eigenvalue weighted by atomic mass is 10.2. The maximum absolute atomic E-state index is 8.44. The number of rotatable bonds is 6. The van der Waals surface area contributed by atoms with Gasteiger partial charge in [-0.1, -0.05) is 12.1 Å². The number of hydrogen-bond acceptors (Lipinski definition) is 4. The van der Waals surface area contributed by atoms with Crippen LogP contribution >= 0.6 is 0 Å². The minimum Gasteiger partial charge on any atom is -0.409 e. The Morgan fingerprint density at radius 2 is 2.07 bits per heavy atom. The van der Waals surface area contributed by atoms with Crippen molar-refractivity contribution in [3.05, 3.63) is 0 Å². The summed E-state index contributed by atoms with van der Waals surface area (Å²) in [5.74, 6) is 0.229. The molecule has 0 unspecified atom stereocenters. The monoisotopic (exact) mass is 217 g/mol. The van der Waals surface area contributed by atoms with E-state index in [4.69, 9.17) is 15.7 Å². The van der Waals surface area contributed by atoms with Crippen LogP contribution in [-0.4, -0.2) is 47.8 Å². The van der Waals surface area contributed by atoms with E-state index in [-0.39, 0.29) is 11.4 Å². The van der Waals surface area contributed by atoms with Gasteiger partial charge in [-0.15, -0.1) is 0 Å². The molecule has 0 radical (unpaired) electrons. The van der Waals surface area contributed by atoms with E-state index in [1.165, 1.54) is 0 Å². The van der Waals surface area contributed by atoms with Gasteiger partial charge in [-0.3, -0.25) is 4.90 Å². The zero-order valence-electron chi connectivity index (χ0n) is 10.2. The van der Waals surface area contributed by atoms with Crippen LogP contribution in [0.15, 0.2) is 5.16 Å². The molecule has 0 amide bonds. The van der Waals surface area contributed by atoms with Crippen molar-refractivity contribution in [1.29, 1.82) is 0 Å². The van der Waals surface area contributed by atoms with Gasteiger partial charge in [0.1, 0.15) is 0 Å². The lowest BCUT2D eigenvalue weighted by Gasteiger charge is -2.24. The van der Waals surface area contributed by atoms with Crippen LogP contribution in [0.3, 0.4) is 0 Å². The second-order valence-electron chi connectivity index (χ2n) is 4.42. The summed E-state index contributed by atoms with van der Waals surface area (Å²) in [5, 5.41) is 11.4. The molecule has 5 nitrogen and oxygen atoms in total. The lowest BCUT2D eigenvalue weighted by molar-refractivity contribution is -0.0113. The van der Waals surface area contributed by atoms with Crippen LogP contribution in [0.4, 0.5) is 0 Å². The Morgan fingerprint density at radius 1 is 1.47 bits per heavy atom. The predicted molar refractivity (Wildman–Crippen MR) is 61.2 cm³/mol. The molecule has 3 N–H and O–H groups in total. The molecule has 0 heterocycles. The van der Waals surface area contributed by atoms with Gasteiger partial charge < -0.3 is 15.7 Å². The Hall–Kier alpha value is -0.810. The van der Waals surface area contributed by atoms with Crippen LogP contribution in [0.1, 0.15) is 27.7 Å². The van der Waals surface area contributed by atoms with Gasteiger partial charge >= 0.3 is 0 Å². The standard InChI is InChI=1S/C10H23N3O2/c1-5-13(8-9(11)12-14)6-7-15-10(2,3)4/h14H,5-8H2,1-4H3,(H2,11,12). The van der Waals surface area contributed by atoms with Gasteiger partial charge in [0.05, 0.1) is 18.8 Å². The summed E-state index contributed by atoms with van der Waals surface area (Å²) in [6.07, 6.45) is 0. The van der Waals surface area contributed by atoms with Crippen molar-refractivity contribution in [1.82, 2.24) is 4.90 Å². The van der Waals surface area contributed by atoms with E-state index in [1.54, 1.807) is 0 Å². The van der Waals surface area contributed by atoms with Crippen molar-refractivity contribution in [3.8, 4) is 0 Å². The van der Waals surface area contributed by atoms with Crippen LogP contribution < -0.4 is 5.73 Å². The molecule has 0 aromatic heterocycles. The maximum Gasteiger partial charge on any atom is 0.153 e. The SMILES string of the molecule is CCN(CCOC(C)(C)C)CC(N)=NO. The first-order chi connectivity index (χ1) is 6.89. The summed E-state index contributed by atoms with van der Waals surface area (Å²) in [6.45, 7) is 10.8. The number of ether oxygens (including phenoxy) is 1. The second-order valence-corrected chi connectivity index (χ2v) is 4.42. The Bertz CT molecular complexity index is 199. The summed E-state index contributed by atoms with van der Waals surface area (Å²) in [4.78, 5) is 2.06. The van der Waals surface area contributed by atoms with Crippen LogP contribution in [0.5, 0.6) is 0 Å². The first-order valence-corrected chi connectivity index (χ1v) is 5.21. The average molecular weight is 217 g/mol. The summed E-state index contributed by atoms with van der Waals surface area (Å²) in [7, 11) is 0. The van der Waals surface area contributed by atoms with Gasteiger partial charge in [0.25, 0.3) is 0 Å². The highest BCUT2D eigenvalue weighted by molar-refractivity contribution is 5.81. The molecule has 0 fully saturated rings. The molecule has 0 saturated carbocycles. The largest absolute Gasteiger partial charge is 0.409 e. The number of hydrogen-bond donors (Lipinski definition) is 2. The van der Waals surface area contributed by atoms with Crippen molar-refractivity contribution in [2.75, 3.05) is 26.2 Å². The minimum atomic E-state index is -0.115. The molecule has 0 bridgehead atoms. The maximum atomic E-state index is 8.44. The topological polar surface area (TPSA) is 71.1 Å². The summed E-state index contributed by atoms with van der Waals surface area (Å²) < 4.78 is 5.59. The zero-order chi connectivity index (χ0) is 11.9. The molecule has 0 aliphatic rings. The van der Waals surface area contributed by atoms with Gasteiger partial charge in [-0.25, -0.2) is 0 Å². The Balaban J connectivity index is 3.81. The first-order valence-electron chi connectivity index (χ1n) is 5.21. The van der Waals surface area contributed by atoms with Crippen LogP contribution in [0.25, 0.3) is 0 Å². The molecule has 0 aliphatic heterocycles. The molecule has 90 valence electrons. The normalized spacial score (nSPS) is 13.5. The minimum absolute atomic E-state index is 0.115. The number of nitrogens with two attached hydrogens (primary N) is 1. The van der Waals surface area contributed by atoms with Gasteiger partial charge in [0, 0.05) is 6.54 Å². The van der Waals surface area contributed by atoms with Crippen molar-refractivity contribution in [3.63, 3.8) is 0 Å². The van der Waals surface area contributed by atoms with Crippen molar-refractivity contribution in [2.24, 2.45) is 10.9 Å². The Kier molecular flexibility index (Phi) is 6.27. The van der Waals surface area contributed by atoms with E-state index in [1.807, 2.05) is 27.7 Å². The van der Waals surface area contributed by atoms with E-state index in [0.29, 0.717) is 13.2 Å². The smallest absolute Gasteiger partial charge is 0.153 e. The van der Waals surface area contributed by atoms with Gasteiger partial charge in [0.2, 0.25) is 0 Å². The molecular weight excluding hydrogens is 194 g/mol.